The molecule has 0 aliphatic carbocycles. The molecule has 0 heterocycles. The molecule has 2 nitrogen and oxygen atoms in total. The highest BCUT2D eigenvalue weighted by Gasteiger charge is 2.11. The Hall–Kier alpha value is -0.340. The molecule has 0 amide bonds. The zero-order chi connectivity index (χ0) is 13.0. The first-order chi connectivity index (χ1) is 7.41. The molecule has 0 saturated heterocycles. The van der Waals surface area contributed by atoms with Crippen LogP contribution in [0.5, 0.6) is 0 Å². The Labute approximate surface area is 103 Å². The smallest absolute Gasteiger partial charge is 0.0589 e. The van der Waals surface area contributed by atoms with Crippen LogP contribution in [0, 0.1) is 5.41 Å². The molecule has 0 atom stereocenters. The molecule has 0 aliphatic rings. The molecule has 0 spiro atoms. The Morgan fingerprint density at radius 2 is 1.75 bits per heavy atom. The third-order valence-corrected chi connectivity index (χ3v) is 2.24. The van der Waals surface area contributed by atoms with Gasteiger partial charge in [-0.3, -0.25) is 0 Å². The van der Waals surface area contributed by atoms with Crippen molar-refractivity contribution in [2.45, 2.75) is 41.0 Å². The van der Waals surface area contributed by atoms with Crippen molar-refractivity contribution in [3.05, 3.63) is 12.7 Å². The minimum Gasteiger partial charge on any atom is -0.383 e. The maximum absolute atomic E-state index is 5.06. The molecule has 0 aromatic carbocycles. The number of hydrogen-bond acceptors (Lipinski definition) is 2. The predicted molar refractivity (Wildman–Crippen MR) is 73.9 cm³/mol. The number of likely N-dealkylation sites (N-methyl/N-ethyl adjacent to an activating group) is 1. The summed E-state index contributed by atoms with van der Waals surface area (Å²) in [6.07, 6.45) is 3.00. The molecule has 0 radical (unpaired) electrons. The van der Waals surface area contributed by atoms with E-state index >= 15 is 0 Å². The van der Waals surface area contributed by atoms with Crippen LogP contribution in [0.2, 0.25) is 0 Å². The maximum Gasteiger partial charge on any atom is 0.0589 e. The fraction of sp³-hybridized carbons (Fsp3) is 0.857. The number of nitrogens with zero attached hydrogens (tertiary/aromatic N) is 1. The summed E-state index contributed by atoms with van der Waals surface area (Å²) in [6, 6.07) is 0. The number of allylic oxidation sites excluding steroid dienone is 1. The summed E-state index contributed by atoms with van der Waals surface area (Å²) in [5.74, 6) is 0. The largest absolute Gasteiger partial charge is 0.383 e. The topological polar surface area (TPSA) is 12.5 Å². The average molecular weight is 229 g/mol. The van der Waals surface area contributed by atoms with Crippen LogP contribution >= 0.6 is 0 Å². The van der Waals surface area contributed by atoms with Crippen LogP contribution in [-0.2, 0) is 4.74 Å². The van der Waals surface area contributed by atoms with Crippen molar-refractivity contribution in [3.63, 3.8) is 0 Å². The zero-order valence-electron chi connectivity index (χ0n) is 12.2. The molecule has 0 aliphatic heterocycles. The highest BCUT2D eigenvalue weighted by Crippen LogP contribution is 2.18. The Morgan fingerprint density at radius 1 is 1.25 bits per heavy atom. The third kappa shape index (κ3) is 16.1. The third-order valence-electron chi connectivity index (χ3n) is 2.24. The summed E-state index contributed by atoms with van der Waals surface area (Å²) >= 11 is 0. The second-order valence-corrected chi connectivity index (χ2v) is 5.15. The molecule has 2 heteroatoms. The lowest BCUT2D eigenvalue weighted by molar-refractivity contribution is 0.142. The van der Waals surface area contributed by atoms with E-state index < -0.39 is 0 Å². The molecule has 0 aromatic heterocycles. The molecule has 0 rings (SSSR count). The number of rotatable bonds is 6. The van der Waals surface area contributed by atoms with Crippen molar-refractivity contribution in [1.82, 2.24) is 4.90 Å². The summed E-state index contributed by atoms with van der Waals surface area (Å²) in [7, 11) is 1.76. The van der Waals surface area contributed by atoms with Crippen LogP contribution in [-0.4, -0.2) is 38.3 Å². The van der Waals surface area contributed by atoms with Gasteiger partial charge in [0.25, 0.3) is 0 Å². The monoisotopic (exact) mass is 229 g/mol. The van der Waals surface area contributed by atoms with Crippen LogP contribution in [0.3, 0.4) is 0 Å². The second-order valence-electron chi connectivity index (χ2n) is 5.15. The number of methoxy groups -OCH3 is 1. The first kappa shape index (κ1) is 18.0. The molecular formula is C14H31NO. The van der Waals surface area contributed by atoms with Crippen LogP contribution in [0.15, 0.2) is 12.7 Å². The second kappa shape index (κ2) is 11.2. The van der Waals surface area contributed by atoms with Crippen LogP contribution < -0.4 is 0 Å². The molecule has 0 aromatic rings. The Morgan fingerprint density at radius 3 is 2.06 bits per heavy atom. The van der Waals surface area contributed by atoms with Gasteiger partial charge >= 0.3 is 0 Å². The van der Waals surface area contributed by atoms with Crippen LogP contribution in [0.1, 0.15) is 41.0 Å². The highest BCUT2D eigenvalue weighted by molar-refractivity contribution is 4.65. The quantitative estimate of drug-likeness (QED) is 0.645. The summed E-state index contributed by atoms with van der Waals surface area (Å²) in [5, 5.41) is 0. The van der Waals surface area contributed by atoms with Crippen molar-refractivity contribution >= 4 is 0 Å². The number of hydrogen-bond donors (Lipinski definition) is 0. The van der Waals surface area contributed by atoms with E-state index in [1.165, 1.54) is 13.0 Å². The van der Waals surface area contributed by atoms with E-state index in [1.54, 1.807) is 13.2 Å². The molecule has 16 heavy (non-hydrogen) atoms. The first-order valence-corrected chi connectivity index (χ1v) is 6.19. The molecule has 0 saturated carbocycles. The van der Waals surface area contributed by atoms with E-state index in [0.29, 0.717) is 5.41 Å². The fourth-order valence-corrected chi connectivity index (χ4v) is 1.14. The van der Waals surface area contributed by atoms with Crippen molar-refractivity contribution in [2.24, 2.45) is 5.41 Å². The van der Waals surface area contributed by atoms with E-state index in [1.807, 2.05) is 6.92 Å². The van der Waals surface area contributed by atoms with Crippen LogP contribution in [0.4, 0.5) is 0 Å². The van der Waals surface area contributed by atoms with Gasteiger partial charge in [0.2, 0.25) is 0 Å². The molecule has 0 bridgehead atoms. The van der Waals surface area contributed by atoms with E-state index in [0.717, 1.165) is 19.7 Å². The van der Waals surface area contributed by atoms with Crippen molar-refractivity contribution in [1.29, 1.82) is 0 Å². The minimum absolute atomic E-state index is 0.445. The van der Waals surface area contributed by atoms with Crippen molar-refractivity contribution in [2.75, 3.05) is 33.4 Å². The molecule has 98 valence electrons. The van der Waals surface area contributed by atoms with Crippen molar-refractivity contribution < 1.29 is 4.74 Å². The maximum atomic E-state index is 5.06. The summed E-state index contributed by atoms with van der Waals surface area (Å²) < 4.78 is 5.06. The zero-order valence-corrected chi connectivity index (χ0v) is 12.2. The van der Waals surface area contributed by atoms with Crippen molar-refractivity contribution in [3.8, 4) is 0 Å². The summed E-state index contributed by atoms with van der Waals surface area (Å²) in [6.45, 7) is 18.5. The normalized spacial score (nSPS) is 10.9. The van der Waals surface area contributed by atoms with Gasteiger partial charge in [-0.15, -0.1) is 6.58 Å². The summed E-state index contributed by atoms with van der Waals surface area (Å²) in [5.41, 5.74) is 0.445. The Bertz CT molecular complexity index is 149. The lowest BCUT2D eigenvalue weighted by Crippen LogP contribution is -2.30. The molecule has 0 fully saturated rings. The highest BCUT2D eigenvalue weighted by atomic mass is 16.5. The Balaban J connectivity index is 0. The SMILES string of the molecule is C=CC.CCN(CCOC)CCC(C)(C)C. The van der Waals surface area contributed by atoms with E-state index in [9.17, 15) is 0 Å². The van der Waals surface area contributed by atoms with Gasteiger partial charge in [-0.25, -0.2) is 0 Å². The minimum atomic E-state index is 0.445. The van der Waals surface area contributed by atoms with Crippen LogP contribution in [0.25, 0.3) is 0 Å². The first-order valence-electron chi connectivity index (χ1n) is 6.19. The van der Waals surface area contributed by atoms with Gasteiger partial charge in [-0.05, 0) is 31.8 Å². The van der Waals surface area contributed by atoms with Gasteiger partial charge in [-0.1, -0.05) is 33.8 Å². The van der Waals surface area contributed by atoms with E-state index in [4.69, 9.17) is 4.74 Å². The summed E-state index contributed by atoms with van der Waals surface area (Å²) in [4.78, 5) is 2.44. The van der Waals surface area contributed by atoms with Gasteiger partial charge in [0, 0.05) is 13.7 Å². The lowest BCUT2D eigenvalue weighted by Gasteiger charge is -2.25. The van der Waals surface area contributed by atoms with E-state index in [2.05, 4.69) is 39.2 Å². The van der Waals surface area contributed by atoms with Gasteiger partial charge in [0.1, 0.15) is 0 Å². The van der Waals surface area contributed by atoms with Gasteiger partial charge in [-0.2, -0.15) is 0 Å². The molecular weight excluding hydrogens is 198 g/mol. The van der Waals surface area contributed by atoms with Gasteiger partial charge < -0.3 is 9.64 Å². The average Bonchev–Trinajstić information content (AvgIpc) is 2.18. The lowest BCUT2D eigenvalue weighted by atomic mass is 9.92. The number of ether oxygens (including phenoxy) is 1. The fourth-order valence-electron chi connectivity index (χ4n) is 1.14. The predicted octanol–water partition coefficient (Wildman–Crippen LogP) is 3.58. The Kier molecular flexibility index (Phi) is 12.6. The van der Waals surface area contributed by atoms with Gasteiger partial charge in [0.05, 0.1) is 6.61 Å². The standard InChI is InChI=1S/C11H25NO.C3H6/c1-6-12(9-10-13-5)8-7-11(2,3)4;1-3-2/h6-10H2,1-5H3;3H,1H2,2H3. The van der Waals surface area contributed by atoms with Gasteiger partial charge in [0.15, 0.2) is 0 Å². The van der Waals surface area contributed by atoms with E-state index in [-0.39, 0.29) is 0 Å². The molecule has 0 unspecified atom stereocenters. The molecule has 0 N–H and O–H groups in total.